The summed E-state index contributed by atoms with van der Waals surface area (Å²) in [5.41, 5.74) is 2.63. The van der Waals surface area contributed by atoms with E-state index in [0.717, 1.165) is 33.5 Å². The van der Waals surface area contributed by atoms with E-state index in [0.29, 0.717) is 21.6 Å². The number of carbonyl (C=O) groups is 2. The van der Waals surface area contributed by atoms with Crippen molar-refractivity contribution < 1.29 is 23.7 Å². The van der Waals surface area contributed by atoms with E-state index in [1.165, 1.54) is 18.2 Å². The number of nitro benzene ring substituents is 1. The number of hydrogen-bond donors (Lipinski definition) is 0. The molecule has 2 aromatic carbocycles. The van der Waals surface area contributed by atoms with Crippen molar-refractivity contribution in [2.75, 3.05) is 13.2 Å². The van der Waals surface area contributed by atoms with Gasteiger partial charge in [-0.1, -0.05) is 12.1 Å². The van der Waals surface area contributed by atoms with Gasteiger partial charge in [0.25, 0.3) is 16.8 Å². The highest BCUT2D eigenvalue weighted by atomic mass is 79.9. The highest BCUT2D eigenvalue weighted by Crippen LogP contribution is 2.35. The Morgan fingerprint density at radius 3 is 2.68 bits per heavy atom. The van der Waals surface area contributed by atoms with E-state index < -0.39 is 10.8 Å². The Morgan fingerprint density at radius 2 is 1.94 bits per heavy atom. The number of non-ortho nitro benzene ring substituents is 1. The first-order valence-electron chi connectivity index (χ1n) is 10.2. The van der Waals surface area contributed by atoms with Gasteiger partial charge in [0.2, 0.25) is 0 Å². The number of halogens is 1. The molecule has 1 fully saturated rings. The fraction of sp³-hybridized carbons (Fsp3) is 0.167. The number of ether oxygens (including phenoxy) is 1. The molecule has 0 saturated carbocycles. The number of imide groups is 1. The number of aryl methyl sites for hydroxylation is 2. The van der Waals surface area contributed by atoms with Crippen LogP contribution >= 0.6 is 27.7 Å². The predicted octanol–water partition coefficient (Wildman–Crippen LogP) is 6.35. The average molecular weight is 543 g/mol. The van der Waals surface area contributed by atoms with E-state index in [4.69, 9.17) is 9.15 Å². The minimum absolute atomic E-state index is 0.0439. The smallest absolute Gasteiger partial charge is 0.293 e. The SMILES string of the molecule is Cc1ccc(C)c(OCCN2C(=O)S/C(=C\c3ccc(-c4ccc([N+](=O)[O-])cc4Br)o3)C2=O)c1. The molecule has 0 bridgehead atoms. The molecule has 0 atom stereocenters. The second-order valence-electron chi connectivity index (χ2n) is 7.57. The molecule has 3 aromatic rings. The van der Waals surface area contributed by atoms with Gasteiger partial charge in [0.1, 0.15) is 23.9 Å². The van der Waals surface area contributed by atoms with Crippen LogP contribution in [0.15, 0.2) is 62.3 Å². The van der Waals surface area contributed by atoms with Crippen molar-refractivity contribution in [2.45, 2.75) is 13.8 Å². The number of benzene rings is 2. The van der Waals surface area contributed by atoms with Gasteiger partial charge in [-0.05, 0) is 76.9 Å². The fourth-order valence-electron chi connectivity index (χ4n) is 3.32. The van der Waals surface area contributed by atoms with Crippen molar-refractivity contribution in [3.8, 4) is 17.1 Å². The third-order valence-electron chi connectivity index (χ3n) is 5.12. The van der Waals surface area contributed by atoms with E-state index in [-0.39, 0.29) is 29.0 Å². The standard InChI is InChI=1S/C24H19BrN2O6S/c1-14-3-4-15(2)21(11-14)32-10-9-26-23(28)22(34-24(26)29)13-17-6-8-20(33-17)18-7-5-16(27(30)31)12-19(18)25/h3-8,11-13H,9-10H2,1-2H3/b22-13-. The molecule has 0 spiro atoms. The molecule has 0 unspecified atom stereocenters. The summed E-state index contributed by atoms with van der Waals surface area (Å²) in [7, 11) is 0. The second-order valence-corrected chi connectivity index (χ2v) is 9.42. The summed E-state index contributed by atoms with van der Waals surface area (Å²) in [5, 5.41) is 10.6. The summed E-state index contributed by atoms with van der Waals surface area (Å²) < 4.78 is 12.1. The van der Waals surface area contributed by atoms with Crippen molar-refractivity contribution in [3.05, 3.63) is 84.9 Å². The van der Waals surface area contributed by atoms with E-state index in [9.17, 15) is 19.7 Å². The monoisotopic (exact) mass is 542 g/mol. The predicted molar refractivity (Wildman–Crippen MR) is 133 cm³/mol. The number of hydrogen-bond acceptors (Lipinski definition) is 7. The van der Waals surface area contributed by atoms with Crippen LogP contribution in [0.5, 0.6) is 5.75 Å². The summed E-state index contributed by atoms with van der Waals surface area (Å²) in [6, 6.07) is 13.6. The Balaban J connectivity index is 1.44. The van der Waals surface area contributed by atoms with Crippen LogP contribution in [-0.2, 0) is 4.79 Å². The van der Waals surface area contributed by atoms with Gasteiger partial charge in [0.05, 0.1) is 16.4 Å². The topological polar surface area (TPSA) is 103 Å². The van der Waals surface area contributed by atoms with E-state index >= 15 is 0 Å². The molecule has 1 saturated heterocycles. The zero-order chi connectivity index (χ0) is 24.4. The lowest BCUT2D eigenvalue weighted by Gasteiger charge is -2.14. The van der Waals surface area contributed by atoms with Crippen LogP contribution < -0.4 is 4.74 Å². The number of thioether (sulfide) groups is 1. The van der Waals surface area contributed by atoms with Crippen LogP contribution in [0.25, 0.3) is 17.4 Å². The third-order valence-corrected chi connectivity index (χ3v) is 6.68. The van der Waals surface area contributed by atoms with Crippen molar-refractivity contribution in [2.24, 2.45) is 0 Å². The van der Waals surface area contributed by atoms with Crippen molar-refractivity contribution in [1.82, 2.24) is 4.90 Å². The van der Waals surface area contributed by atoms with Crippen molar-refractivity contribution in [3.63, 3.8) is 0 Å². The summed E-state index contributed by atoms with van der Waals surface area (Å²) in [6.07, 6.45) is 1.51. The quantitative estimate of drug-likeness (QED) is 0.194. The third kappa shape index (κ3) is 5.07. The Bertz CT molecular complexity index is 1330. The molecule has 1 aromatic heterocycles. The Morgan fingerprint density at radius 1 is 1.15 bits per heavy atom. The van der Waals surface area contributed by atoms with Crippen LogP contribution in [0.1, 0.15) is 16.9 Å². The Hall–Kier alpha value is -3.37. The van der Waals surface area contributed by atoms with E-state index in [1.807, 2.05) is 32.0 Å². The zero-order valence-corrected chi connectivity index (χ0v) is 20.6. The molecule has 0 N–H and O–H groups in total. The van der Waals surface area contributed by atoms with E-state index in [1.54, 1.807) is 18.2 Å². The highest BCUT2D eigenvalue weighted by molar-refractivity contribution is 9.10. The first-order valence-corrected chi connectivity index (χ1v) is 11.8. The average Bonchev–Trinajstić information content (AvgIpc) is 3.35. The molecular formula is C24H19BrN2O6S. The number of furan rings is 1. The van der Waals surface area contributed by atoms with Gasteiger partial charge in [-0.15, -0.1) is 0 Å². The molecule has 10 heteroatoms. The van der Waals surface area contributed by atoms with Gasteiger partial charge in [-0.3, -0.25) is 24.6 Å². The van der Waals surface area contributed by atoms with Gasteiger partial charge in [0, 0.05) is 28.2 Å². The van der Waals surface area contributed by atoms with Gasteiger partial charge in [-0.25, -0.2) is 0 Å². The molecule has 8 nitrogen and oxygen atoms in total. The molecule has 34 heavy (non-hydrogen) atoms. The highest BCUT2D eigenvalue weighted by Gasteiger charge is 2.35. The van der Waals surface area contributed by atoms with Crippen LogP contribution in [-0.4, -0.2) is 34.1 Å². The lowest BCUT2D eigenvalue weighted by atomic mass is 10.1. The normalized spacial score (nSPS) is 14.8. The summed E-state index contributed by atoms with van der Waals surface area (Å²) in [4.78, 5) is 37.0. The molecule has 1 aliphatic rings. The van der Waals surface area contributed by atoms with Gasteiger partial charge < -0.3 is 9.15 Å². The maximum Gasteiger partial charge on any atom is 0.293 e. The minimum Gasteiger partial charge on any atom is -0.491 e. The van der Waals surface area contributed by atoms with Crippen LogP contribution in [0.3, 0.4) is 0 Å². The number of nitro groups is 1. The molecule has 4 rings (SSSR count). The Kier molecular flexibility index (Phi) is 6.90. The first-order chi connectivity index (χ1) is 16.2. The lowest BCUT2D eigenvalue weighted by molar-refractivity contribution is -0.384. The number of amides is 2. The molecule has 0 radical (unpaired) electrons. The largest absolute Gasteiger partial charge is 0.491 e. The van der Waals surface area contributed by atoms with Crippen molar-refractivity contribution >= 4 is 50.6 Å². The molecule has 174 valence electrons. The second kappa shape index (κ2) is 9.86. The maximum atomic E-state index is 12.8. The van der Waals surface area contributed by atoms with Gasteiger partial charge in [-0.2, -0.15) is 0 Å². The number of carbonyl (C=O) groups excluding carboxylic acids is 2. The zero-order valence-electron chi connectivity index (χ0n) is 18.2. The number of nitrogens with zero attached hydrogens (tertiary/aromatic N) is 2. The maximum absolute atomic E-state index is 12.8. The molecule has 1 aliphatic heterocycles. The summed E-state index contributed by atoms with van der Waals surface area (Å²) in [6.45, 7) is 4.22. The van der Waals surface area contributed by atoms with E-state index in [2.05, 4.69) is 15.9 Å². The van der Waals surface area contributed by atoms with Gasteiger partial charge >= 0.3 is 0 Å². The van der Waals surface area contributed by atoms with Crippen LogP contribution in [0.2, 0.25) is 0 Å². The molecule has 2 amide bonds. The van der Waals surface area contributed by atoms with Crippen LogP contribution in [0, 0.1) is 24.0 Å². The van der Waals surface area contributed by atoms with Crippen LogP contribution in [0.4, 0.5) is 10.5 Å². The molecular weight excluding hydrogens is 524 g/mol. The van der Waals surface area contributed by atoms with Crippen molar-refractivity contribution in [1.29, 1.82) is 0 Å². The van der Waals surface area contributed by atoms with Gasteiger partial charge in [0.15, 0.2) is 0 Å². The summed E-state index contributed by atoms with van der Waals surface area (Å²) in [5.74, 6) is 1.17. The number of rotatable bonds is 7. The minimum atomic E-state index is -0.481. The summed E-state index contributed by atoms with van der Waals surface area (Å²) >= 11 is 4.16. The lowest BCUT2D eigenvalue weighted by Crippen LogP contribution is -2.32. The Labute approximate surface area is 207 Å². The first kappa shape index (κ1) is 23.8. The molecule has 2 heterocycles. The molecule has 0 aliphatic carbocycles. The fourth-order valence-corrected chi connectivity index (χ4v) is 4.73.